The number of carbonyl (C=O) groups is 1. The molecule has 0 N–H and O–H groups in total. The number of ether oxygens (including phenoxy) is 2. The van der Waals surface area contributed by atoms with Gasteiger partial charge >= 0.3 is 0 Å². The van der Waals surface area contributed by atoms with Crippen molar-refractivity contribution in [3.8, 4) is 11.5 Å². The maximum Gasteiger partial charge on any atom is 0.249 e. The fourth-order valence-electron chi connectivity index (χ4n) is 3.03. The van der Waals surface area contributed by atoms with Crippen molar-refractivity contribution in [3.63, 3.8) is 0 Å². The Kier molecular flexibility index (Phi) is 6.94. The number of thiazole rings is 1. The lowest BCUT2D eigenvalue weighted by atomic mass is 10.3. The van der Waals surface area contributed by atoms with Gasteiger partial charge in [0.25, 0.3) is 0 Å². The summed E-state index contributed by atoms with van der Waals surface area (Å²) in [5.41, 5.74) is 0.893. The van der Waals surface area contributed by atoms with Crippen LogP contribution in [0.5, 0.6) is 11.5 Å². The Balaban J connectivity index is 1.84. The highest BCUT2D eigenvalue weighted by Crippen LogP contribution is 2.27. The van der Waals surface area contributed by atoms with E-state index in [1.165, 1.54) is 30.6 Å². The summed E-state index contributed by atoms with van der Waals surface area (Å²) in [5, 5.41) is 0. The highest BCUT2D eigenvalue weighted by Gasteiger charge is 2.17. The van der Waals surface area contributed by atoms with E-state index in [1.54, 1.807) is 12.1 Å². The van der Waals surface area contributed by atoms with Gasteiger partial charge in [0, 0.05) is 13.0 Å². The van der Waals surface area contributed by atoms with E-state index in [0.29, 0.717) is 23.7 Å². The van der Waals surface area contributed by atoms with Crippen LogP contribution in [0.2, 0.25) is 0 Å². The number of rotatable bonds is 8. The van der Waals surface area contributed by atoms with Gasteiger partial charge in [0.05, 0.1) is 29.1 Å². The van der Waals surface area contributed by atoms with Crippen molar-refractivity contribution in [2.45, 2.75) is 31.7 Å². The van der Waals surface area contributed by atoms with Gasteiger partial charge in [0.15, 0.2) is 14.6 Å². The van der Waals surface area contributed by atoms with E-state index < -0.39 is 15.7 Å². The molecule has 0 unspecified atom stereocenters. The van der Waals surface area contributed by atoms with Crippen molar-refractivity contribution in [2.24, 2.45) is 4.99 Å². The van der Waals surface area contributed by atoms with E-state index in [-0.39, 0.29) is 17.1 Å². The molecule has 160 valence electrons. The Morgan fingerprint density at radius 1 is 1.13 bits per heavy atom. The van der Waals surface area contributed by atoms with Gasteiger partial charge in [-0.25, -0.2) is 8.42 Å². The average molecular weight is 449 g/mol. The zero-order chi connectivity index (χ0) is 21.7. The zero-order valence-corrected chi connectivity index (χ0v) is 18.8. The Hall–Kier alpha value is -2.65. The number of aryl methyl sites for hydroxylation is 1. The molecule has 3 rings (SSSR count). The molecule has 0 aliphatic carbocycles. The summed E-state index contributed by atoms with van der Waals surface area (Å²) in [5.74, 6) is 0.534. The van der Waals surface area contributed by atoms with E-state index in [2.05, 4.69) is 4.99 Å². The Morgan fingerprint density at radius 2 is 1.87 bits per heavy atom. The number of fused-ring (bicyclic) bond motifs is 1. The van der Waals surface area contributed by atoms with Gasteiger partial charge in [-0.05, 0) is 50.2 Å². The summed E-state index contributed by atoms with van der Waals surface area (Å²) in [6.07, 6.45) is -0.190. The molecule has 9 heteroatoms. The number of hydrogen-bond donors (Lipinski definition) is 0. The fraction of sp³-hybridized carbons (Fsp3) is 0.333. The van der Waals surface area contributed by atoms with Gasteiger partial charge in [-0.2, -0.15) is 4.99 Å². The van der Waals surface area contributed by atoms with Crippen molar-refractivity contribution < 1.29 is 22.7 Å². The van der Waals surface area contributed by atoms with Crippen molar-refractivity contribution >= 4 is 37.3 Å². The number of benzene rings is 2. The van der Waals surface area contributed by atoms with Crippen LogP contribution in [0.25, 0.3) is 10.2 Å². The molecule has 0 spiro atoms. The van der Waals surface area contributed by atoms with Crippen LogP contribution in [0.15, 0.2) is 52.4 Å². The smallest absolute Gasteiger partial charge is 0.249 e. The van der Waals surface area contributed by atoms with Gasteiger partial charge in [0.1, 0.15) is 17.0 Å². The number of nitrogens with zero attached hydrogens (tertiary/aromatic N) is 2. The van der Waals surface area contributed by atoms with Gasteiger partial charge in [-0.1, -0.05) is 17.4 Å². The summed E-state index contributed by atoms with van der Waals surface area (Å²) in [7, 11) is -2.08. The molecule has 0 saturated heterocycles. The molecule has 0 saturated carbocycles. The van der Waals surface area contributed by atoms with Crippen molar-refractivity contribution in [1.29, 1.82) is 0 Å². The molecule has 7 nitrogen and oxygen atoms in total. The number of amides is 1. The van der Waals surface area contributed by atoms with Crippen LogP contribution >= 0.6 is 11.3 Å². The molecule has 0 aliphatic heterocycles. The summed E-state index contributed by atoms with van der Waals surface area (Å²) in [6.45, 7) is 5.03. The largest absolute Gasteiger partial charge is 0.497 e. The molecule has 0 atom stereocenters. The Labute approximate surface area is 179 Å². The van der Waals surface area contributed by atoms with E-state index in [9.17, 15) is 13.2 Å². The zero-order valence-electron chi connectivity index (χ0n) is 17.1. The van der Waals surface area contributed by atoms with E-state index in [0.717, 1.165) is 16.0 Å². The van der Waals surface area contributed by atoms with Crippen LogP contribution in [-0.2, 0) is 21.2 Å². The third kappa shape index (κ3) is 4.73. The molecule has 1 amide bonds. The Morgan fingerprint density at radius 3 is 2.50 bits per heavy atom. The molecule has 0 radical (unpaired) electrons. The second-order valence-corrected chi connectivity index (χ2v) is 9.53. The van der Waals surface area contributed by atoms with Crippen LogP contribution < -0.4 is 14.3 Å². The van der Waals surface area contributed by atoms with Crippen LogP contribution in [-0.4, -0.2) is 38.4 Å². The molecular formula is C21H24N2O5S2. The third-order valence-electron chi connectivity index (χ3n) is 4.50. The minimum absolute atomic E-state index is 0.156. The third-order valence-corrected chi connectivity index (χ3v) is 7.28. The molecule has 0 bridgehead atoms. The van der Waals surface area contributed by atoms with E-state index in [4.69, 9.17) is 9.47 Å². The predicted molar refractivity (Wildman–Crippen MR) is 117 cm³/mol. The minimum Gasteiger partial charge on any atom is -0.497 e. The SMILES string of the molecule is CCOc1cccc2sc(=NC(=O)CCS(=O)(=O)c3ccc(OC)cc3)n(CC)c12. The quantitative estimate of drug-likeness (QED) is 0.527. The molecule has 30 heavy (non-hydrogen) atoms. The number of aromatic nitrogens is 1. The molecule has 3 aromatic rings. The first-order chi connectivity index (χ1) is 14.4. The van der Waals surface area contributed by atoms with Crippen molar-refractivity contribution in [3.05, 3.63) is 47.3 Å². The second kappa shape index (κ2) is 9.44. The van der Waals surface area contributed by atoms with Gasteiger partial charge in [0.2, 0.25) is 5.91 Å². The van der Waals surface area contributed by atoms with Crippen molar-refractivity contribution in [2.75, 3.05) is 19.5 Å². The molecule has 0 aliphatic rings. The lowest BCUT2D eigenvalue weighted by Crippen LogP contribution is -2.17. The first-order valence-electron chi connectivity index (χ1n) is 9.59. The summed E-state index contributed by atoms with van der Waals surface area (Å²) in [6, 6.07) is 11.8. The highest BCUT2D eigenvalue weighted by molar-refractivity contribution is 7.91. The predicted octanol–water partition coefficient (Wildman–Crippen LogP) is 3.42. The number of sulfone groups is 1. The lowest BCUT2D eigenvalue weighted by Gasteiger charge is -2.07. The topological polar surface area (TPSA) is 87.0 Å². The van der Waals surface area contributed by atoms with Gasteiger partial charge in [-0.15, -0.1) is 0 Å². The molecule has 1 heterocycles. The standard InChI is InChI=1S/C21H24N2O5S2/c1-4-23-20-17(28-5-2)7-6-8-18(20)29-21(23)22-19(24)13-14-30(25,26)16-11-9-15(27-3)10-12-16/h6-12H,4-5,13-14H2,1-3H3. The number of methoxy groups -OCH3 is 1. The average Bonchev–Trinajstić information content (AvgIpc) is 3.10. The Bertz CT molecular complexity index is 1210. The van der Waals surface area contributed by atoms with Crippen LogP contribution in [0, 0.1) is 0 Å². The summed E-state index contributed by atoms with van der Waals surface area (Å²) in [4.78, 5) is 17.3. The fourth-order valence-corrected chi connectivity index (χ4v) is 5.39. The molecule has 0 fully saturated rings. The van der Waals surface area contributed by atoms with Gasteiger partial charge < -0.3 is 14.0 Å². The maximum atomic E-state index is 12.5. The first-order valence-corrected chi connectivity index (χ1v) is 12.1. The highest BCUT2D eigenvalue weighted by atomic mass is 32.2. The van der Waals surface area contributed by atoms with E-state index >= 15 is 0 Å². The number of para-hydroxylation sites is 1. The monoisotopic (exact) mass is 448 g/mol. The number of hydrogen-bond acceptors (Lipinski definition) is 6. The normalized spacial score (nSPS) is 12.3. The second-order valence-electron chi connectivity index (χ2n) is 6.41. The summed E-state index contributed by atoms with van der Waals surface area (Å²) >= 11 is 1.38. The van der Waals surface area contributed by atoms with E-state index in [1.807, 2.05) is 36.6 Å². The van der Waals surface area contributed by atoms with Crippen LogP contribution in [0.3, 0.4) is 0 Å². The minimum atomic E-state index is -3.59. The maximum absolute atomic E-state index is 12.5. The van der Waals surface area contributed by atoms with Crippen LogP contribution in [0.1, 0.15) is 20.3 Å². The lowest BCUT2D eigenvalue weighted by molar-refractivity contribution is -0.117. The van der Waals surface area contributed by atoms with Gasteiger partial charge in [-0.3, -0.25) is 4.79 Å². The van der Waals surface area contributed by atoms with Crippen LogP contribution in [0.4, 0.5) is 0 Å². The first kappa shape index (κ1) is 22.0. The molecular weight excluding hydrogens is 424 g/mol. The summed E-state index contributed by atoms with van der Waals surface area (Å²) < 4.78 is 38.7. The molecule has 1 aromatic heterocycles. The van der Waals surface area contributed by atoms with Crippen molar-refractivity contribution in [1.82, 2.24) is 4.57 Å². The number of carbonyl (C=O) groups excluding carboxylic acids is 1. The molecule has 2 aromatic carbocycles.